The SMILES string of the molecule is COc1ccc(OC)c(NC(=O)/C(C#N)=C\NC23CC4CC(CC(C4)C2)C3)c1. The lowest BCUT2D eigenvalue weighted by Crippen LogP contribution is -2.57. The number of nitriles is 1. The molecule has 0 radical (unpaired) electrons. The fraction of sp³-hybridized carbons (Fsp3) is 0.545. The number of benzene rings is 1. The van der Waals surface area contributed by atoms with Crippen molar-refractivity contribution in [1.29, 1.82) is 5.26 Å². The van der Waals surface area contributed by atoms with Gasteiger partial charge in [-0.3, -0.25) is 4.79 Å². The number of hydrogen-bond acceptors (Lipinski definition) is 5. The number of methoxy groups -OCH3 is 2. The predicted molar refractivity (Wildman–Crippen MR) is 106 cm³/mol. The Bertz CT molecular complexity index is 805. The lowest BCUT2D eigenvalue weighted by Gasteiger charge is -2.56. The predicted octanol–water partition coefficient (Wildman–Crippen LogP) is 3.61. The van der Waals surface area contributed by atoms with Crippen molar-refractivity contribution in [3.63, 3.8) is 0 Å². The van der Waals surface area contributed by atoms with Crippen molar-refractivity contribution in [2.24, 2.45) is 17.8 Å². The normalized spacial score (nSPS) is 30.5. The summed E-state index contributed by atoms with van der Waals surface area (Å²) in [5, 5.41) is 15.8. The van der Waals surface area contributed by atoms with Crippen molar-refractivity contribution in [2.45, 2.75) is 44.1 Å². The second kappa shape index (κ2) is 7.38. The van der Waals surface area contributed by atoms with Crippen LogP contribution in [0, 0.1) is 29.1 Å². The summed E-state index contributed by atoms with van der Waals surface area (Å²) < 4.78 is 10.5. The van der Waals surface area contributed by atoms with Crippen LogP contribution in [0.4, 0.5) is 5.69 Å². The summed E-state index contributed by atoms with van der Waals surface area (Å²) in [6, 6.07) is 7.19. The van der Waals surface area contributed by atoms with E-state index in [-0.39, 0.29) is 11.1 Å². The number of rotatable bonds is 6. The molecule has 4 aliphatic rings. The summed E-state index contributed by atoms with van der Waals surface area (Å²) in [5.74, 6) is 3.06. The van der Waals surface area contributed by atoms with Crippen LogP contribution < -0.4 is 20.1 Å². The minimum atomic E-state index is -0.453. The highest BCUT2D eigenvalue weighted by atomic mass is 16.5. The molecule has 1 aromatic carbocycles. The molecule has 4 saturated carbocycles. The van der Waals surface area contributed by atoms with Crippen LogP contribution in [-0.2, 0) is 4.79 Å². The van der Waals surface area contributed by atoms with E-state index in [4.69, 9.17) is 9.47 Å². The van der Waals surface area contributed by atoms with E-state index in [0.29, 0.717) is 17.2 Å². The summed E-state index contributed by atoms with van der Waals surface area (Å²) >= 11 is 0. The van der Waals surface area contributed by atoms with Crippen LogP contribution in [0.15, 0.2) is 30.0 Å². The van der Waals surface area contributed by atoms with Gasteiger partial charge in [0.05, 0.1) is 19.9 Å². The van der Waals surface area contributed by atoms with E-state index in [9.17, 15) is 10.1 Å². The fourth-order valence-electron chi connectivity index (χ4n) is 5.76. The molecule has 0 unspecified atom stereocenters. The van der Waals surface area contributed by atoms with E-state index in [0.717, 1.165) is 37.0 Å². The Kier molecular flexibility index (Phi) is 4.92. The molecule has 6 heteroatoms. The maximum absolute atomic E-state index is 12.7. The Hall–Kier alpha value is -2.68. The van der Waals surface area contributed by atoms with Crippen molar-refractivity contribution in [3.8, 4) is 17.6 Å². The molecule has 1 amide bonds. The number of carbonyl (C=O) groups is 1. The molecule has 0 atom stereocenters. The van der Waals surface area contributed by atoms with Crippen LogP contribution in [0.25, 0.3) is 0 Å². The Morgan fingerprint density at radius 1 is 1.14 bits per heavy atom. The zero-order valence-electron chi connectivity index (χ0n) is 16.5. The second-order valence-corrected chi connectivity index (χ2v) is 8.53. The Balaban J connectivity index is 1.48. The van der Waals surface area contributed by atoms with Gasteiger partial charge in [-0.25, -0.2) is 0 Å². The van der Waals surface area contributed by atoms with Crippen molar-refractivity contribution in [1.82, 2.24) is 5.32 Å². The monoisotopic (exact) mass is 381 g/mol. The third kappa shape index (κ3) is 3.54. The lowest BCUT2D eigenvalue weighted by molar-refractivity contribution is -0.112. The van der Waals surface area contributed by atoms with Crippen LogP contribution in [0.1, 0.15) is 38.5 Å². The van der Waals surface area contributed by atoms with Crippen LogP contribution >= 0.6 is 0 Å². The third-order valence-electron chi connectivity index (χ3n) is 6.58. The molecule has 2 N–H and O–H groups in total. The van der Waals surface area contributed by atoms with Gasteiger partial charge in [-0.15, -0.1) is 0 Å². The molecule has 0 heterocycles. The summed E-state index contributed by atoms with van der Waals surface area (Å²) in [4.78, 5) is 12.7. The number of anilines is 1. The van der Waals surface area contributed by atoms with Gasteiger partial charge < -0.3 is 20.1 Å². The molecule has 0 spiro atoms. The molecule has 4 fully saturated rings. The van der Waals surface area contributed by atoms with Crippen LogP contribution in [0.2, 0.25) is 0 Å². The molecule has 4 aliphatic carbocycles. The van der Waals surface area contributed by atoms with Gasteiger partial charge in [0.2, 0.25) is 0 Å². The molecule has 0 saturated heterocycles. The first-order chi connectivity index (χ1) is 13.5. The lowest BCUT2D eigenvalue weighted by atomic mass is 9.53. The second-order valence-electron chi connectivity index (χ2n) is 8.53. The summed E-state index contributed by atoms with van der Waals surface area (Å²) in [6.45, 7) is 0. The summed E-state index contributed by atoms with van der Waals surface area (Å²) in [5.41, 5.74) is 0.605. The fourth-order valence-corrected chi connectivity index (χ4v) is 5.76. The van der Waals surface area contributed by atoms with E-state index in [1.807, 2.05) is 6.07 Å². The molecule has 148 valence electrons. The number of nitrogens with zero attached hydrogens (tertiary/aromatic N) is 1. The molecule has 4 bridgehead atoms. The van der Waals surface area contributed by atoms with Crippen molar-refractivity contribution in [2.75, 3.05) is 19.5 Å². The van der Waals surface area contributed by atoms with Gasteiger partial charge in [-0.2, -0.15) is 5.26 Å². The summed E-state index contributed by atoms with van der Waals surface area (Å²) in [6.07, 6.45) is 9.14. The number of hydrogen-bond donors (Lipinski definition) is 2. The third-order valence-corrected chi connectivity index (χ3v) is 6.58. The maximum atomic E-state index is 12.7. The topological polar surface area (TPSA) is 83.4 Å². The molecule has 28 heavy (non-hydrogen) atoms. The van der Waals surface area contributed by atoms with Gasteiger partial charge in [0, 0.05) is 17.8 Å². The number of nitrogens with one attached hydrogen (secondary N) is 2. The molecular weight excluding hydrogens is 354 g/mol. The molecule has 5 rings (SSSR count). The van der Waals surface area contributed by atoms with Crippen molar-refractivity contribution >= 4 is 11.6 Å². The maximum Gasteiger partial charge on any atom is 0.267 e. The largest absolute Gasteiger partial charge is 0.497 e. The van der Waals surface area contributed by atoms with Gasteiger partial charge in [-0.05, 0) is 68.4 Å². The van der Waals surface area contributed by atoms with Crippen molar-refractivity contribution < 1.29 is 14.3 Å². The van der Waals surface area contributed by atoms with E-state index < -0.39 is 5.91 Å². The van der Waals surface area contributed by atoms with E-state index in [1.54, 1.807) is 31.5 Å². The van der Waals surface area contributed by atoms with Crippen LogP contribution in [0.3, 0.4) is 0 Å². The zero-order valence-corrected chi connectivity index (χ0v) is 16.5. The molecule has 0 aliphatic heterocycles. The summed E-state index contributed by atoms with van der Waals surface area (Å²) in [7, 11) is 3.09. The van der Waals surface area contributed by atoms with Crippen LogP contribution in [-0.4, -0.2) is 25.7 Å². The minimum Gasteiger partial charge on any atom is -0.497 e. The Morgan fingerprint density at radius 2 is 1.79 bits per heavy atom. The smallest absolute Gasteiger partial charge is 0.267 e. The molecule has 6 nitrogen and oxygen atoms in total. The zero-order chi connectivity index (χ0) is 19.7. The van der Waals surface area contributed by atoms with Crippen molar-refractivity contribution in [3.05, 3.63) is 30.0 Å². The Labute approximate surface area is 165 Å². The highest BCUT2D eigenvalue weighted by Gasteiger charge is 2.50. The molecule has 1 aromatic rings. The Morgan fingerprint density at radius 3 is 2.32 bits per heavy atom. The molecular formula is C22H27N3O3. The quantitative estimate of drug-likeness (QED) is 0.581. The standard InChI is InChI=1S/C22H27N3O3/c1-27-18-3-4-20(28-2)19(8-18)25-21(26)17(12-23)13-24-22-9-14-5-15(10-22)7-16(6-14)11-22/h3-4,8,13-16,24H,5-7,9-11H2,1-2H3,(H,25,26)/b17-13-. The van der Waals surface area contributed by atoms with Gasteiger partial charge >= 0.3 is 0 Å². The first kappa shape index (κ1) is 18.7. The van der Waals surface area contributed by atoms with Crippen LogP contribution in [0.5, 0.6) is 11.5 Å². The van der Waals surface area contributed by atoms with Gasteiger partial charge in [0.15, 0.2) is 0 Å². The highest BCUT2D eigenvalue weighted by molar-refractivity contribution is 6.07. The number of carbonyl (C=O) groups excluding carboxylic acids is 1. The van der Waals surface area contributed by atoms with E-state index in [1.165, 1.54) is 26.4 Å². The van der Waals surface area contributed by atoms with Gasteiger partial charge in [-0.1, -0.05) is 0 Å². The molecule has 0 aromatic heterocycles. The first-order valence-corrected chi connectivity index (χ1v) is 9.95. The van der Waals surface area contributed by atoms with Gasteiger partial charge in [0.1, 0.15) is 23.1 Å². The first-order valence-electron chi connectivity index (χ1n) is 9.95. The van der Waals surface area contributed by atoms with Gasteiger partial charge in [0.25, 0.3) is 5.91 Å². The minimum absolute atomic E-state index is 0.0603. The van der Waals surface area contributed by atoms with E-state index >= 15 is 0 Å². The average molecular weight is 381 g/mol. The number of ether oxygens (including phenoxy) is 2. The number of amides is 1. The average Bonchev–Trinajstić information content (AvgIpc) is 2.67. The van der Waals surface area contributed by atoms with E-state index in [2.05, 4.69) is 10.6 Å². The highest BCUT2D eigenvalue weighted by Crippen LogP contribution is 2.55.